The topological polar surface area (TPSA) is 42.3 Å². The van der Waals surface area contributed by atoms with Crippen molar-refractivity contribution in [3.05, 3.63) is 11.9 Å². The van der Waals surface area contributed by atoms with Gasteiger partial charge < -0.3 is 19.5 Å². The largest absolute Gasteiger partial charge is 0.383 e. The molecule has 1 N–H and O–H groups in total. The number of rotatable bonds is 8. The molecule has 0 saturated carbocycles. The van der Waals surface area contributed by atoms with Gasteiger partial charge >= 0.3 is 0 Å². The Morgan fingerprint density at radius 2 is 2.15 bits per heavy atom. The Morgan fingerprint density at radius 3 is 2.85 bits per heavy atom. The minimum atomic E-state index is 0.308. The molecule has 5 heteroatoms. The maximum absolute atomic E-state index is 5.23. The first kappa shape index (κ1) is 15.3. The summed E-state index contributed by atoms with van der Waals surface area (Å²) in [5, 5.41) is 3.47. The monoisotopic (exact) mass is 280 g/mol. The fraction of sp³-hybridized carbons (Fsp3) is 0.800. The van der Waals surface area contributed by atoms with E-state index in [0.29, 0.717) is 12.6 Å². The normalized spacial score (nSPS) is 17.6. The van der Waals surface area contributed by atoms with Crippen molar-refractivity contribution in [1.29, 1.82) is 0 Å². The van der Waals surface area contributed by atoms with Crippen molar-refractivity contribution in [2.45, 2.75) is 39.2 Å². The number of anilines is 1. The van der Waals surface area contributed by atoms with E-state index in [1.807, 2.05) is 6.92 Å². The van der Waals surface area contributed by atoms with Crippen LogP contribution in [-0.2, 0) is 4.74 Å². The summed E-state index contributed by atoms with van der Waals surface area (Å²) in [5.41, 5.74) is 1.05. The second-order valence-electron chi connectivity index (χ2n) is 5.75. The summed E-state index contributed by atoms with van der Waals surface area (Å²) in [7, 11) is 1.74. The van der Waals surface area contributed by atoms with Gasteiger partial charge in [0, 0.05) is 19.9 Å². The van der Waals surface area contributed by atoms with Crippen molar-refractivity contribution >= 4 is 5.95 Å². The molecule has 0 amide bonds. The fourth-order valence-corrected chi connectivity index (χ4v) is 2.81. The zero-order valence-electron chi connectivity index (χ0n) is 13.1. The first-order valence-corrected chi connectivity index (χ1v) is 7.71. The third-order valence-corrected chi connectivity index (χ3v) is 3.87. The first-order chi connectivity index (χ1) is 9.70. The van der Waals surface area contributed by atoms with Crippen molar-refractivity contribution in [3.63, 3.8) is 0 Å². The second-order valence-corrected chi connectivity index (χ2v) is 5.75. The standard InChI is InChI=1S/C15H28N4O/c1-13-11-19(14(2)12-20-3)15(17-13)16-7-6-10-18-8-4-5-9-18/h11,14H,4-10,12H2,1-3H3,(H,16,17). The molecule has 1 saturated heterocycles. The molecule has 1 unspecified atom stereocenters. The van der Waals surface area contributed by atoms with Crippen LogP contribution in [0, 0.1) is 6.92 Å². The predicted octanol–water partition coefficient (Wildman–Crippen LogP) is 2.30. The number of methoxy groups -OCH3 is 1. The molecule has 0 radical (unpaired) electrons. The number of hydrogen-bond donors (Lipinski definition) is 1. The lowest BCUT2D eigenvalue weighted by atomic mass is 10.3. The lowest BCUT2D eigenvalue weighted by molar-refractivity contribution is 0.163. The summed E-state index contributed by atoms with van der Waals surface area (Å²) in [6.07, 6.45) is 5.99. The smallest absolute Gasteiger partial charge is 0.203 e. The van der Waals surface area contributed by atoms with Crippen LogP contribution < -0.4 is 5.32 Å². The molecule has 20 heavy (non-hydrogen) atoms. The zero-order valence-corrected chi connectivity index (χ0v) is 13.1. The third kappa shape index (κ3) is 4.21. The van der Waals surface area contributed by atoms with E-state index in [4.69, 9.17) is 4.74 Å². The molecule has 0 aromatic carbocycles. The Hall–Kier alpha value is -1.07. The van der Waals surface area contributed by atoms with Crippen molar-refractivity contribution in [3.8, 4) is 0 Å². The van der Waals surface area contributed by atoms with Gasteiger partial charge in [0.25, 0.3) is 0 Å². The van der Waals surface area contributed by atoms with Gasteiger partial charge in [-0.2, -0.15) is 0 Å². The molecule has 1 aromatic rings. The van der Waals surface area contributed by atoms with Crippen molar-refractivity contribution in [2.24, 2.45) is 0 Å². The van der Waals surface area contributed by atoms with Gasteiger partial charge in [0.15, 0.2) is 0 Å². The Bertz CT molecular complexity index is 399. The summed E-state index contributed by atoms with van der Waals surface area (Å²) in [6, 6.07) is 0.308. The van der Waals surface area contributed by atoms with Crippen LogP contribution in [0.5, 0.6) is 0 Å². The molecule has 1 aliphatic rings. The number of aryl methyl sites for hydroxylation is 1. The zero-order chi connectivity index (χ0) is 14.4. The molecule has 1 fully saturated rings. The van der Waals surface area contributed by atoms with Gasteiger partial charge in [0.1, 0.15) is 0 Å². The highest BCUT2D eigenvalue weighted by Gasteiger charge is 2.13. The Morgan fingerprint density at radius 1 is 1.40 bits per heavy atom. The van der Waals surface area contributed by atoms with E-state index in [2.05, 4.69) is 32.9 Å². The Kier molecular flexibility index (Phi) is 5.86. The van der Waals surface area contributed by atoms with Crippen LogP contribution in [0.1, 0.15) is 37.9 Å². The maximum atomic E-state index is 5.23. The number of ether oxygens (including phenoxy) is 1. The molecule has 5 nitrogen and oxygen atoms in total. The summed E-state index contributed by atoms with van der Waals surface area (Å²) in [4.78, 5) is 7.11. The number of aromatic nitrogens is 2. The highest BCUT2D eigenvalue weighted by molar-refractivity contribution is 5.29. The van der Waals surface area contributed by atoms with Crippen LogP contribution in [0.3, 0.4) is 0 Å². The fourth-order valence-electron chi connectivity index (χ4n) is 2.81. The maximum Gasteiger partial charge on any atom is 0.203 e. The van der Waals surface area contributed by atoms with Gasteiger partial charge in [-0.1, -0.05) is 0 Å². The van der Waals surface area contributed by atoms with E-state index in [9.17, 15) is 0 Å². The van der Waals surface area contributed by atoms with Crippen molar-refractivity contribution < 1.29 is 4.74 Å². The summed E-state index contributed by atoms with van der Waals surface area (Å²) >= 11 is 0. The quantitative estimate of drug-likeness (QED) is 0.742. The van der Waals surface area contributed by atoms with Crippen LogP contribution >= 0.6 is 0 Å². The van der Waals surface area contributed by atoms with Crippen LogP contribution in [-0.4, -0.2) is 54.3 Å². The first-order valence-electron chi connectivity index (χ1n) is 7.71. The van der Waals surface area contributed by atoms with Gasteiger partial charge in [-0.3, -0.25) is 0 Å². The molecule has 2 heterocycles. The van der Waals surface area contributed by atoms with Gasteiger partial charge in [-0.05, 0) is 52.7 Å². The van der Waals surface area contributed by atoms with Gasteiger partial charge in [0.05, 0.1) is 18.3 Å². The van der Waals surface area contributed by atoms with Crippen LogP contribution in [0.25, 0.3) is 0 Å². The molecule has 1 aromatic heterocycles. The predicted molar refractivity (Wildman–Crippen MR) is 82.3 cm³/mol. The summed E-state index contributed by atoms with van der Waals surface area (Å²) < 4.78 is 7.41. The van der Waals surface area contributed by atoms with Crippen LogP contribution in [0.4, 0.5) is 5.95 Å². The number of hydrogen-bond acceptors (Lipinski definition) is 4. The van der Waals surface area contributed by atoms with E-state index in [0.717, 1.165) is 18.2 Å². The van der Waals surface area contributed by atoms with E-state index >= 15 is 0 Å². The SMILES string of the molecule is COCC(C)n1cc(C)nc1NCCCN1CCCC1. The molecule has 114 valence electrons. The van der Waals surface area contributed by atoms with Crippen molar-refractivity contribution in [1.82, 2.24) is 14.5 Å². The van der Waals surface area contributed by atoms with E-state index < -0.39 is 0 Å². The molecule has 2 rings (SSSR count). The van der Waals surface area contributed by atoms with Crippen LogP contribution in [0.15, 0.2) is 6.20 Å². The highest BCUT2D eigenvalue weighted by atomic mass is 16.5. The second kappa shape index (κ2) is 7.64. The van der Waals surface area contributed by atoms with E-state index in [1.54, 1.807) is 7.11 Å². The molecule has 0 bridgehead atoms. The average Bonchev–Trinajstić information content (AvgIpc) is 3.04. The molecular formula is C15H28N4O. The Balaban J connectivity index is 1.79. The minimum absolute atomic E-state index is 0.308. The average molecular weight is 280 g/mol. The number of imidazole rings is 1. The highest BCUT2D eigenvalue weighted by Crippen LogP contribution is 2.16. The lowest BCUT2D eigenvalue weighted by Crippen LogP contribution is -2.23. The van der Waals surface area contributed by atoms with E-state index in [1.165, 1.54) is 38.9 Å². The number of nitrogens with zero attached hydrogens (tertiary/aromatic N) is 3. The summed E-state index contributed by atoms with van der Waals surface area (Å²) in [6.45, 7) is 9.62. The summed E-state index contributed by atoms with van der Waals surface area (Å²) in [5.74, 6) is 0.966. The molecule has 0 aliphatic carbocycles. The molecular weight excluding hydrogens is 252 g/mol. The van der Waals surface area contributed by atoms with Gasteiger partial charge in [-0.25, -0.2) is 4.98 Å². The lowest BCUT2D eigenvalue weighted by Gasteiger charge is -2.17. The minimum Gasteiger partial charge on any atom is -0.383 e. The van der Waals surface area contributed by atoms with Crippen molar-refractivity contribution in [2.75, 3.05) is 45.2 Å². The van der Waals surface area contributed by atoms with E-state index in [-0.39, 0.29) is 0 Å². The Labute approximate surface area is 122 Å². The van der Waals surface area contributed by atoms with Gasteiger partial charge in [0.2, 0.25) is 5.95 Å². The molecule has 1 aliphatic heterocycles. The number of likely N-dealkylation sites (tertiary alicyclic amines) is 1. The molecule has 0 spiro atoms. The van der Waals surface area contributed by atoms with Gasteiger partial charge in [-0.15, -0.1) is 0 Å². The third-order valence-electron chi connectivity index (χ3n) is 3.87. The van der Waals surface area contributed by atoms with Crippen LogP contribution in [0.2, 0.25) is 0 Å². The molecule has 1 atom stereocenters. The number of nitrogens with one attached hydrogen (secondary N) is 1.